The van der Waals surface area contributed by atoms with Gasteiger partial charge >= 0.3 is 5.97 Å². The van der Waals surface area contributed by atoms with E-state index in [4.69, 9.17) is 32.4 Å². The summed E-state index contributed by atoms with van der Waals surface area (Å²) in [6.45, 7) is 2.43. The normalized spacial score (nSPS) is 10.9. The molecule has 0 radical (unpaired) electrons. The van der Waals surface area contributed by atoms with Gasteiger partial charge in [0.15, 0.2) is 0 Å². The van der Waals surface area contributed by atoms with E-state index >= 15 is 0 Å². The van der Waals surface area contributed by atoms with E-state index in [1.165, 1.54) is 6.08 Å². The number of nitrogens with one attached hydrogen (secondary N) is 1. The zero-order chi connectivity index (χ0) is 22.2. The molecule has 1 N–H and O–H groups in total. The number of hydrogen-bond acceptors (Lipinski definition) is 4. The van der Waals surface area contributed by atoms with Crippen LogP contribution in [0.25, 0.3) is 17.4 Å². The zero-order valence-electron chi connectivity index (χ0n) is 16.9. The average Bonchev–Trinajstić information content (AvgIpc) is 3.21. The van der Waals surface area contributed by atoms with Crippen LogP contribution < -0.4 is 5.32 Å². The third kappa shape index (κ3) is 6.74. The molecule has 0 spiro atoms. The lowest BCUT2D eigenvalue weighted by Gasteiger charge is -2.05. The summed E-state index contributed by atoms with van der Waals surface area (Å²) in [4.78, 5) is 24.1. The molecule has 1 amide bonds. The molecule has 0 bridgehead atoms. The quantitative estimate of drug-likeness (QED) is 0.227. The molecule has 0 saturated carbocycles. The van der Waals surface area contributed by atoms with Gasteiger partial charge in [-0.25, -0.2) is 4.79 Å². The molecule has 2 aromatic carbocycles. The van der Waals surface area contributed by atoms with Gasteiger partial charge in [-0.05, 0) is 67.1 Å². The maximum atomic E-state index is 12.2. The molecule has 0 atom stereocenters. The molecule has 0 saturated heterocycles. The lowest BCUT2D eigenvalue weighted by atomic mass is 10.2. The fourth-order valence-corrected chi connectivity index (χ4v) is 3.24. The summed E-state index contributed by atoms with van der Waals surface area (Å²) in [5.41, 5.74) is 1.75. The molecule has 0 aliphatic heterocycles. The minimum absolute atomic E-state index is 0.331. The summed E-state index contributed by atoms with van der Waals surface area (Å²) >= 11 is 12.0. The molecule has 1 aromatic heterocycles. The van der Waals surface area contributed by atoms with E-state index in [9.17, 15) is 9.59 Å². The lowest BCUT2D eigenvalue weighted by Crippen LogP contribution is -2.09. The summed E-state index contributed by atoms with van der Waals surface area (Å²) in [5.74, 6) is 0.389. The summed E-state index contributed by atoms with van der Waals surface area (Å²) in [7, 11) is 0. The number of furan rings is 1. The molecule has 0 fully saturated rings. The number of ether oxygens (including phenoxy) is 1. The minimum Gasteiger partial charge on any atom is -0.462 e. The molecular formula is C24H21Cl2NO4. The first-order chi connectivity index (χ1) is 14.9. The lowest BCUT2D eigenvalue weighted by molar-refractivity contribution is -0.111. The number of carbonyl (C=O) groups is 2. The van der Waals surface area contributed by atoms with E-state index < -0.39 is 0 Å². The van der Waals surface area contributed by atoms with Gasteiger partial charge in [-0.3, -0.25) is 4.79 Å². The maximum absolute atomic E-state index is 12.2. The number of hydrogen-bond donors (Lipinski definition) is 1. The Kier molecular flexibility index (Phi) is 7.93. The SMILES string of the molecule is CCCCOC(=O)c1ccc(NC(=O)/C=C/c2ccc(-c3cc(Cl)cc(Cl)c3)o2)cc1. The third-order valence-corrected chi connectivity index (χ3v) is 4.73. The van der Waals surface area contributed by atoms with E-state index in [1.807, 2.05) is 6.92 Å². The number of anilines is 1. The molecule has 31 heavy (non-hydrogen) atoms. The molecule has 0 aliphatic rings. The van der Waals surface area contributed by atoms with Gasteiger partial charge in [0, 0.05) is 27.4 Å². The average molecular weight is 458 g/mol. The van der Waals surface area contributed by atoms with Gasteiger partial charge in [0.25, 0.3) is 0 Å². The molecular weight excluding hydrogens is 437 g/mol. The Morgan fingerprint density at radius 3 is 2.42 bits per heavy atom. The Balaban J connectivity index is 1.57. The van der Waals surface area contributed by atoms with Crippen LogP contribution in [0.15, 0.2) is 65.1 Å². The highest BCUT2D eigenvalue weighted by Gasteiger charge is 2.08. The largest absolute Gasteiger partial charge is 0.462 e. The number of carbonyl (C=O) groups excluding carboxylic acids is 2. The van der Waals surface area contributed by atoms with Gasteiger partial charge in [0.05, 0.1) is 12.2 Å². The van der Waals surface area contributed by atoms with Crippen LogP contribution in [0.4, 0.5) is 5.69 Å². The summed E-state index contributed by atoms with van der Waals surface area (Å²) in [6.07, 6.45) is 4.71. The van der Waals surface area contributed by atoms with Crippen LogP contribution in [0.1, 0.15) is 35.9 Å². The van der Waals surface area contributed by atoms with Crippen LogP contribution in [0.3, 0.4) is 0 Å². The van der Waals surface area contributed by atoms with Gasteiger partial charge in [0.2, 0.25) is 5.91 Å². The topological polar surface area (TPSA) is 68.5 Å². The first kappa shape index (κ1) is 22.7. The standard InChI is InChI=1S/C24H21Cl2NO4/c1-2-3-12-30-24(29)16-4-6-20(7-5-16)27-23(28)11-9-21-8-10-22(31-21)17-13-18(25)15-19(26)14-17/h4-11,13-15H,2-3,12H2,1H3,(H,27,28)/b11-9+. The Bertz CT molecular complexity index is 1070. The van der Waals surface area contributed by atoms with Crippen molar-refractivity contribution < 1.29 is 18.7 Å². The molecule has 7 heteroatoms. The molecule has 3 aromatic rings. The highest BCUT2D eigenvalue weighted by Crippen LogP contribution is 2.28. The predicted molar refractivity (Wildman–Crippen MR) is 123 cm³/mol. The molecule has 5 nitrogen and oxygen atoms in total. The second-order valence-electron chi connectivity index (χ2n) is 6.75. The number of rotatable bonds is 8. The molecule has 0 unspecified atom stereocenters. The molecule has 160 valence electrons. The summed E-state index contributed by atoms with van der Waals surface area (Å²) in [5, 5.41) is 3.75. The number of halogens is 2. The van der Waals surface area contributed by atoms with Crippen molar-refractivity contribution in [1.82, 2.24) is 0 Å². The fourth-order valence-electron chi connectivity index (χ4n) is 2.72. The van der Waals surface area contributed by atoms with Gasteiger partial charge in [0.1, 0.15) is 11.5 Å². The van der Waals surface area contributed by atoms with Crippen molar-refractivity contribution in [1.29, 1.82) is 0 Å². The summed E-state index contributed by atoms with van der Waals surface area (Å²) < 4.78 is 10.9. The number of unbranched alkanes of at least 4 members (excludes halogenated alkanes) is 1. The number of esters is 1. The minimum atomic E-state index is -0.374. The zero-order valence-corrected chi connectivity index (χ0v) is 18.4. The van der Waals surface area contributed by atoms with Crippen LogP contribution in [-0.2, 0) is 9.53 Å². The number of amides is 1. The predicted octanol–water partition coefficient (Wildman–Crippen LogP) is 6.86. The van der Waals surface area contributed by atoms with Crippen molar-refractivity contribution in [3.8, 4) is 11.3 Å². The Labute approximate surface area is 190 Å². The Hall–Kier alpha value is -3.02. The smallest absolute Gasteiger partial charge is 0.338 e. The maximum Gasteiger partial charge on any atom is 0.338 e. The highest BCUT2D eigenvalue weighted by atomic mass is 35.5. The Morgan fingerprint density at radius 1 is 1.03 bits per heavy atom. The first-order valence-electron chi connectivity index (χ1n) is 9.77. The van der Waals surface area contributed by atoms with Crippen LogP contribution in [0, 0.1) is 0 Å². The van der Waals surface area contributed by atoms with Crippen molar-refractivity contribution in [2.24, 2.45) is 0 Å². The van der Waals surface area contributed by atoms with Crippen molar-refractivity contribution in [2.45, 2.75) is 19.8 Å². The fraction of sp³-hybridized carbons (Fsp3) is 0.167. The second-order valence-corrected chi connectivity index (χ2v) is 7.62. The van der Waals surface area contributed by atoms with Crippen LogP contribution in [-0.4, -0.2) is 18.5 Å². The monoisotopic (exact) mass is 457 g/mol. The van der Waals surface area contributed by atoms with Crippen molar-refractivity contribution in [3.05, 3.63) is 82.0 Å². The van der Waals surface area contributed by atoms with E-state index in [0.717, 1.165) is 18.4 Å². The summed E-state index contributed by atoms with van der Waals surface area (Å²) in [6, 6.07) is 15.2. The third-order valence-electron chi connectivity index (χ3n) is 4.29. The van der Waals surface area contributed by atoms with Gasteiger partial charge in [-0.1, -0.05) is 36.5 Å². The van der Waals surface area contributed by atoms with E-state index in [2.05, 4.69) is 5.32 Å². The van der Waals surface area contributed by atoms with E-state index in [1.54, 1.807) is 60.7 Å². The van der Waals surface area contributed by atoms with E-state index in [-0.39, 0.29) is 11.9 Å². The van der Waals surface area contributed by atoms with Crippen LogP contribution in [0.2, 0.25) is 10.0 Å². The van der Waals surface area contributed by atoms with Crippen LogP contribution >= 0.6 is 23.2 Å². The molecule has 1 heterocycles. The van der Waals surface area contributed by atoms with Gasteiger partial charge < -0.3 is 14.5 Å². The van der Waals surface area contributed by atoms with Crippen molar-refractivity contribution >= 4 is 46.8 Å². The first-order valence-corrected chi connectivity index (χ1v) is 10.5. The van der Waals surface area contributed by atoms with Gasteiger partial charge in [-0.2, -0.15) is 0 Å². The molecule has 3 rings (SSSR count). The van der Waals surface area contributed by atoms with Crippen molar-refractivity contribution in [3.63, 3.8) is 0 Å². The second kappa shape index (κ2) is 10.8. The van der Waals surface area contributed by atoms with Gasteiger partial charge in [-0.15, -0.1) is 0 Å². The van der Waals surface area contributed by atoms with Crippen LogP contribution in [0.5, 0.6) is 0 Å². The van der Waals surface area contributed by atoms with E-state index in [0.29, 0.717) is 39.4 Å². The van der Waals surface area contributed by atoms with Crippen molar-refractivity contribution in [2.75, 3.05) is 11.9 Å². The molecule has 0 aliphatic carbocycles. The number of benzene rings is 2. The Morgan fingerprint density at radius 2 is 1.74 bits per heavy atom. The highest BCUT2D eigenvalue weighted by molar-refractivity contribution is 6.35.